The van der Waals surface area contributed by atoms with Gasteiger partial charge in [-0.15, -0.1) is 11.3 Å². The van der Waals surface area contributed by atoms with Gasteiger partial charge < -0.3 is 4.74 Å². The average Bonchev–Trinajstić information content (AvgIpc) is 3.32. The van der Waals surface area contributed by atoms with Crippen molar-refractivity contribution in [2.75, 3.05) is 0 Å². The summed E-state index contributed by atoms with van der Waals surface area (Å²) in [6.07, 6.45) is 0.612. The lowest BCUT2D eigenvalue weighted by molar-refractivity contribution is -0.0190. The zero-order valence-corrected chi connectivity index (χ0v) is 16.8. The van der Waals surface area contributed by atoms with Crippen LogP contribution in [-0.2, 0) is 0 Å². The van der Waals surface area contributed by atoms with Crippen LogP contribution in [0.25, 0.3) is 0 Å². The summed E-state index contributed by atoms with van der Waals surface area (Å²) >= 11 is 11.4. The summed E-state index contributed by atoms with van der Waals surface area (Å²) in [4.78, 5) is 1.21. The second-order valence-electron chi connectivity index (χ2n) is 6.33. The molecule has 0 unspecified atom stereocenters. The highest BCUT2D eigenvalue weighted by atomic mass is 79.9. The number of nitrogens with zero attached hydrogens (tertiary/aromatic N) is 2. The van der Waals surface area contributed by atoms with Crippen LogP contribution in [0.15, 0.2) is 69.6 Å². The lowest BCUT2D eigenvalue weighted by Gasteiger charge is -2.38. The van der Waals surface area contributed by atoms with Gasteiger partial charge in [0.15, 0.2) is 0 Å². The minimum atomic E-state index is -0.261. The molecule has 1 aromatic heterocycles. The summed E-state index contributed by atoms with van der Waals surface area (Å²) in [5, 5.41) is 9.85. The monoisotopic (exact) mass is 444 g/mol. The standard InChI is InChI=1S/C20H14BrClN2OS/c21-13-5-8-18-15(10-13)17-11-16(19-2-1-9-26-19)23-24(17)20(25-18)12-3-6-14(22)7-4-12/h1-10,17,20H,11H2/t17-,20+/m1/s1. The molecule has 0 spiro atoms. The summed E-state index contributed by atoms with van der Waals surface area (Å²) in [6, 6.07) is 18.3. The number of benzene rings is 2. The summed E-state index contributed by atoms with van der Waals surface area (Å²) in [7, 11) is 0. The van der Waals surface area contributed by atoms with E-state index in [4.69, 9.17) is 21.4 Å². The molecule has 26 heavy (non-hydrogen) atoms. The van der Waals surface area contributed by atoms with Crippen molar-refractivity contribution in [1.29, 1.82) is 0 Å². The second-order valence-corrected chi connectivity index (χ2v) is 8.63. The Balaban J connectivity index is 1.61. The van der Waals surface area contributed by atoms with Gasteiger partial charge in [0.25, 0.3) is 0 Å². The molecule has 3 nitrogen and oxygen atoms in total. The van der Waals surface area contributed by atoms with Crippen LogP contribution >= 0.6 is 38.9 Å². The third-order valence-electron chi connectivity index (χ3n) is 4.71. The smallest absolute Gasteiger partial charge is 0.213 e. The van der Waals surface area contributed by atoms with Gasteiger partial charge in [0.1, 0.15) is 5.75 Å². The van der Waals surface area contributed by atoms with Gasteiger partial charge in [0.2, 0.25) is 6.23 Å². The van der Waals surface area contributed by atoms with Crippen LogP contribution in [0.5, 0.6) is 5.75 Å². The molecule has 2 aliphatic rings. The molecule has 2 aliphatic heterocycles. The van der Waals surface area contributed by atoms with Crippen LogP contribution in [0.3, 0.4) is 0 Å². The first-order chi connectivity index (χ1) is 12.7. The topological polar surface area (TPSA) is 24.8 Å². The van der Waals surface area contributed by atoms with E-state index >= 15 is 0 Å². The van der Waals surface area contributed by atoms with Gasteiger partial charge in [-0.05, 0) is 41.8 Å². The Morgan fingerprint density at radius 1 is 1.15 bits per heavy atom. The van der Waals surface area contributed by atoms with Crippen molar-refractivity contribution < 1.29 is 4.74 Å². The molecule has 2 aromatic carbocycles. The van der Waals surface area contributed by atoms with E-state index in [0.29, 0.717) is 0 Å². The maximum Gasteiger partial charge on any atom is 0.213 e. The number of thiophene rings is 1. The summed E-state index contributed by atoms with van der Waals surface area (Å²) in [6.45, 7) is 0. The molecular weight excluding hydrogens is 432 g/mol. The van der Waals surface area contributed by atoms with Crippen molar-refractivity contribution in [1.82, 2.24) is 5.01 Å². The molecule has 3 heterocycles. The number of hydrogen-bond donors (Lipinski definition) is 0. The van der Waals surface area contributed by atoms with Crippen LogP contribution in [-0.4, -0.2) is 10.7 Å². The van der Waals surface area contributed by atoms with E-state index in [9.17, 15) is 0 Å². The Kier molecular flexibility index (Phi) is 4.03. The molecule has 0 saturated carbocycles. The van der Waals surface area contributed by atoms with E-state index < -0.39 is 0 Å². The predicted octanol–water partition coefficient (Wildman–Crippen LogP) is 6.41. The fourth-order valence-corrected chi connectivity index (χ4v) is 4.72. The normalized spacial score (nSPS) is 21.0. The Morgan fingerprint density at radius 3 is 2.77 bits per heavy atom. The van der Waals surface area contributed by atoms with E-state index in [1.807, 2.05) is 36.4 Å². The summed E-state index contributed by atoms with van der Waals surface area (Å²) in [5.74, 6) is 0.914. The van der Waals surface area contributed by atoms with Crippen molar-refractivity contribution in [3.63, 3.8) is 0 Å². The first kappa shape index (κ1) is 16.4. The number of fused-ring (bicyclic) bond motifs is 3. The molecule has 2 atom stereocenters. The molecule has 6 heteroatoms. The molecule has 0 saturated heterocycles. The van der Waals surface area contributed by atoms with E-state index in [0.717, 1.165) is 32.9 Å². The molecule has 3 aromatic rings. The lowest BCUT2D eigenvalue weighted by atomic mass is 9.98. The molecule has 0 bridgehead atoms. The molecule has 0 fully saturated rings. The first-order valence-corrected chi connectivity index (χ1v) is 10.4. The van der Waals surface area contributed by atoms with Crippen molar-refractivity contribution in [2.24, 2.45) is 5.10 Å². The van der Waals surface area contributed by atoms with Gasteiger partial charge in [-0.2, -0.15) is 5.10 Å². The minimum Gasteiger partial charge on any atom is -0.464 e. The van der Waals surface area contributed by atoms with Gasteiger partial charge in [0.05, 0.1) is 16.6 Å². The first-order valence-electron chi connectivity index (χ1n) is 8.30. The highest BCUT2D eigenvalue weighted by Crippen LogP contribution is 2.48. The molecule has 0 N–H and O–H groups in total. The SMILES string of the molecule is Clc1ccc([C@@H]2Oc3ccc(Br)cc3[C@H]3CC(c4cccs4)=NN32)cc1. The number of ether oxygens (including phenoxy) is 1. The lowest BCUT2D eigenvalue weighted by Crippen LogP contribution is -2.33. The van der Waals surface area contributed by atoms with Crippen molar-refractivity contribution >= 4 is 44.6 Å². The van der Waals surface area contributed by atoms with E-state index in [2.05, 4.69) is 44.5 Å². The zero-order chi connectivity index (χ0) is 17.7. The second kappa shape index (κ2) is 6.41. The van der Waals surface area contributed by atoms with Crippen LogP contribution < -0.4 is 4.74 Å². The number of halogens is 2. The van der Waals surface area contributed by atoms with Gasteiger partial charge in [-0.1, -0.05) is 45.7 Å². The quantitative estimate of drug-likeness (QED) is 0.455. The van der Waals surface area contributed by atoms with Gasteiger partial charge >= 0.3 is 0 Å². The largest absolute Gasteiger partial charge is 0.464 e. The Bertz CT molecular complexity index is 988. The maximum absolute atomic E-state index is 6.35. The Labute approximate surface area is 169 Å². The van der Waals surface area contributed by atoms with Gasteiger partial charge in [0, 0.05) is 27.0 Å². The van der Waals surface area contributed by atoms with Gasteiger partial charge in [-0.3, -0.25) is 0 Å². The number of hydrogen-bond acceptors (Lipinski definition) is 4. The van der Waals surface area contributed by atoms with Crippen LogP contribution in [0.2, 0.25) is 5.02 Å². The van der Waals surface area contributed by atoms with E-state index in [1.165, 1.54) is 10.4 Å². The Hall–Kier alpha value is -1.82. The highest BCUT2D eigenvalue weighted by molar-refractivity contribution is 9.10. The highest BCUT2D eigenvalue weighted by Gasteiger charge is 2.41. The number of rotatable bonds is 2. The van der Waals surface area contributed by atoms with E-state index in [1.54, 1.807) is 11.3 Å². The predicted molar refractivity (Wildman–Crippen MR) is 109 cm³/mol. The number of hydrazone groups is 1. The fraction of sp³-hybridized carbons (Fsp3) is 0.150. The molecular formula is C20H14BrClN2OS. The molecule has 0 radical (unpaired) electrons. The van der Waals surface area contributed by atoms with Gasteiger partial charge in [-0.25, -0.2) is 5.01 Å². The van der Waals surface area contributed by atoms with Crippen LogP contribution in [0, 0.1) is 0 Å². The van der Waals surface area contributed by atoms with Crippen molar-refractivity contribution in [3.8, 4) is 5.75 Å². The van der Waals surface area contributed by atoms with Crippen molar-refractivity contribution in [3.05, 3.63) is 85.5 Å². The molecule has 0 amide bonds. The fourth-order valence-electron chi connectivity index (χ4n) is 3.50. The average molecular weight is 446 g/mol. The summed E-state index contributed by atoms with van der Waals surface area (Å²) < 4.78 is 7.40. The molecule has 0 aliphatic carbocycles. The third kappa shape index (κ3) is 2.75. The molecule has 130 valence electrons. The summed E-state index contributed by atoms with van der Waals surface area (Å²) in [5.41, 5.74) is 3.32. The van der Waals surface area contributed by atoms with E-state index in [-0.39, 0.29) is 12.3 Å². The van der Waals surface area contributed by atoms with Crippen LogP contribution in [0.4, 0.5) is 0 Å². The third-order valence-corrected chi connectivity index (χ3v) is 6.38. The minimum absolute atomic E-state index is 0.161. The Morgan fingerprint density at radius 2 is 2.00 bits per heavy atom. The van der Waals surface area contributed by atoms with Crippen LogP contribution in [0.1, 0.15) is 34.7 Å². The molecule has 5 rings (SSSR count). The zero-order valence-electron chi connectivity index (χ0n) is 13.6. The van der Waals surface area contributed by atoms with Crippen molar-refractivity contribution in [2.45, 2.75) is 18.7 Å². The maximum atomic E-state index is 6.35.